The summed E-state index contributed by atoms with van der Waals surface area (Å²) in [6, 6.07) is 10.2. The maximum atomic E-state index is 12.0. The molecule has 0 saturated heterocycles. The number of carboxylic acids is 1. The number of carbonyl (C=O) groups is 1. The van der Waals surface area contributed by atoms with E-state index in [-0.39, 0.29) is 5.75 Å². The highest BCUT2D eigenvalue weighted by molar-refractivity contribution is 7.92. The fourth-order valence-corrected chi connectivity index (χ4v) is 4.49. The van der Waals surface area contributed by atoms with Crippen LogP contribution in [0.1, 0.15) is 18.4 Å². The molecule has 5 nitrogen and oxygen atoms in total. The summed E-state index contributed by atoms with van der Waals surface area (Å²) >= 11 is 0. The van der Waals surface area contributed by atoms with Gasteiger partial charge in [-0.1, -0.05) is 37.3 Å². The van der Waals surface area contributed by atoms with Crippen LogP contribution >= 0.6 is 0 Å². The van der Waals surface area contributed by atoms with E-state index in [1.165, 1.54) is 6.92 Å². The van der Waals surface area contributed by atoms with Crippen molar-refractivity contribution in [1.29, 1.82) is 5.26 Å². The molecule has 1 aromatic carbocycles. The highest BCUT2D eigenvalue weighted by atomic mass is 32.2. The van der Waals surface area contributed by atoms with Crippen LogP contribution in [0.2, 0.25) is 0 Å². The Balaban J connectivity index is 2.55. The number of nitriles is 1. The van der Waals surface area contributed by atoms with Crippen LogP contribution in [0.25, 0.3) is 0 Å². The van der Waals surface area contributed by atoms with Crippen LogP contribution in [-0.2, 0) is 14.6 Å². The quantitative estimate of drug-likeness (QED) is 0.893. The minimum absolute atomic E-state index is 0.169. The van der Waals surface area contributed by atoms with Crippen molar-refractivity contribution < 1.29 is 18.3 Å². The van der Waals surface area contributed by atoms with Gasteiger partial charge in [0.1, 0.15) is 5.25 Å². The van der Waals surface area contributed by atoms with Crippen LogP contribution in [0.15, 0.2) is 30.3 Å². The van der Waals surface area contributed by atoms with E-state index in [4.69, 9.17) is 0 Å². The first-order valence-electron chi connectivity index (χ1n) is 5.83. The molecule has 0 aromatic heterocycles. The maximum Gasteiger partial charge on any atom is 0.326 e. The predicted octanol–water partition coefficient (Wildman–Crippen LogP) is 1.18. The summed E-state index contributed by atoms with van der Waals surface area (Å²) in [5.41, 5.74) is -1.27. The second-order valence-corrected chi connectivity index (χ2v) is 6.96. The maximum absolute atomic E-state index is 12.0. The van der Waals surface area contributed by atoms with E-state index in [0.717, 1.165) is 0 Å². The average Bonchev–Trinajstić information content (AvgIpc) is 3.11. The van der Waals surface area contributed by atoms with Crippen LogP contribution in [0, 0.1) is 16.7 Å². The van der Waals surface area contributed by atoms with Crippen molar-refractivity contribution >= 4 is 15.8 Å². The largest absolute Gasteiger partial charge is 0.480 e. The fraction of sp³-hybridized carbons (Fsp3) is 0.385. The summed E-state index contributed by atoms with van der Waals surface area (Å²) in [5.74, 6) is -2.33. The van der Waals surface area contributed by atoms with Gasteiger partial charge in [-0.05, 0) is 5.56 Å². The van der Waals surface area contributed by atoms with E-state index >= 15 is 0 Å². The third kappa shape index (κ3) is 1.81. The van der Waals surface area contributed by atoms with Crippen molar-refractivity contribution in [3.63, 3.8) is 0 Å². The molecule has 1 aliphatic carbocycles. The van der Waals surface area contributed by atoms with E-state index in [1.54, 1.807) is 36.4 Å². The molecular weight excluding hydrogens is 266 g/mol. The van der Waals surface area contributed by atoms with Gasteiger partial charge in [-0.25, -0.2) is 8.42 Å². The smallest absolute Gasteiger partial charge is 0.326 e. The van der Waals surface area contributed by atoms with Crippen molar-refractivity contribution in [2.45, 2.75) is 18.1 Å². The fourth-order valence-electron chi connectivity index (χ4n) is 2.56. The minimum Gasteiger partial charge on any atom is -0.480 e. The van der Waals surface area contributed by atoms with Crippen LogP contribution in [0.4, 0.5) is 0 Å². The summed E-state index contributed by atoms with van der Waals surface area (Å²) in [4.78, 5) is 11.4. The van der Waals surface area contributed by atoms with Crippen LogP contribution in [-0.4, -0.2) is 30.5 Å². The Labute approximate surface area is 111 Å². The number of carboxylic acid groups (broad SMARTS) is 1. The monoisotopic (exact) mass is 279 g/mol. The van der Waals surface area contributed by atoms with Crippen LogP contribution in [0.3, 0.4) is 0 Å². The standard InChI is InChI=1S/C13H13NO4S/c1-2-19(17,18)11-10(9-6-4-3-5-7-9)13(11,8-14)12(15)16/h3-7,10-11H,2H2,1H3,(H,15,16). The molecule has 3 unspecified atom stereocenters. The molecule has 0 aliphatic heterocycles. The number of sulfone groups is 1. The Bertz CT molecular complexity index is 647. The number of rotatable bonds is 4. The Hall–Kier alpha value is -1.87. The lowest BCUT2D eigenvalue weighted by Crippen LogP contribution is -2.23. The summed E-state index contributed by atoms with van der Waals surface area (Å²) in [6.07, 6.45) is 0. The summed E-state index contributed by atoms with van der Waals surface area (Å²) in [5, 5.41) is 17.3. The lowest BCUT2D eigenvalue weighted by Gasteiger charge is -2.01. The van der Waals surface area contributed by atoms with E-state index in [2.05, 4.69) is 0 Å². The summed E-state index contributed by atoms with van der Waals surface area (Å²) in [6.45, 7) is 1.46. The molecular formula is C13H13NO4S. The van der Waals surface area contributed by atoms with Gasteiger partial charge in [0.2, 0.25) is 0 Å². The molecule has 0 heterocycles. The van der Waals surface area contributed by atoms with Gasteiger partial charge >= 0.3 is 5.97 Å². The van der Waals surface area contributed by atoms with Crippen molar-refractivity contribution in [2.24, 2.45) is 5.41 Å². The zero-order valence-corrected chi connectivity index (χ0v) is 11.1. The molecule has 3 atom stereocenters. The minimum atomic E-state index is -3.59. The van der Waals surface area contributed by atoms with E-state index in [9.17, 15) is 23.6 Å². The first-order valence-corrected chi connectivity index (χ1v) is 7.54. The van der Waals surface area contributed by atoms with Gasteiger partial charge in [-0.15, -0.1) is 0 Å². The zero-order valence-electron chi connectivity index (χ0n) is 10.3. The van der Waals surface area contributed by atoms with Gasteiger partial charge in [-0.2, -0.15) is 5.26 Å². The third-order valence-electron chi connectivity index (χ3n) is 3.62. The zero-order chi connectivity index (χ0) is 14.3. The van der Waals surface area contributed by atoms with Crippen LogP contribution < -0.4 is 0 Å². The van der Waals surface area contributed by atoms with Crippen LogP contribution in [0.5, 0.6) is 0 Å². The number of benzene rings is 1. The predicted molar refractivity (Wildman–Crippen MR) is 68.1 cm³/mol. The second kappa shape index (κ2) is 4.35. The van der Waals surface area contributed by atoms with Crippen molar-refractivity contribution in [3.8, 4) is 6.07 Å². The second-order valence-electron chi connectivity index (χ2n) is 4.55. The number of nitrogens with zero attached hydrogens (tertiary/aromatic N) is 1. The molecule has 1 aromatic rings. The number of aliphatic carboxylic acids is 1. The van der Waals surface area contributed by atoms with Gasteiger partial charge in [-0.3, -0.25) is 4.79 Å². The average molecular weight is 279 g/mol. The van der Waals surface area contributed by atoms with E-state index in [0.29, 0.717) is 5.56 Å². The molecule has 6 heteroatoms. The van der Waals surface area contributed by atoms with Crippen molar-refractivity contribution in [2.75, 3.05) is 5.75 Å². The molecule has 1 saturated carbocycles. The molecule has 0 bridgehead atoms. The van der Waals surface area contributed by atoms with E-state index in [1.807, 2.05) is 0 Å². The Kier molecular flexibility index (Phi) is 3.11. The van der Waals surface area contributed by atoms with E-state index < -0.39 is 32.4 Å². The molecule has 1 aliphatic rings. The van der Waals surface area contributed by atoms with Gasteiger partial charge in [0, 0.05) is 11.7 Å². The van der Waals surface area contributed by atoms with Gasteiger partial charge in [0.15, 0.2) is 15.3 Å². The summed E-state index contributed by atoms with van der Waals surface area (Å²) in [7, 11) is -3.59. The number of hydrogen-bond acceptors (Lipinski definition) is 4. The molecule has 1 N–H and O–H groups in total. The van der Waals surface area contributed by atoms with Gasteiger partial charge in [0.25, 0.3) is 0 Å². The molecule has 0 amide bonds. The summed E-state index contributed by atoms with van der Waals surface area (Å²) < 4.78 is 24.0. The van der Waals surface area contributed by atoms with Gasteiger partial charge in [0.05, 0.1) is 6.07 Å². The highest BCUT2D eigenvalue weighted by Gasteiger charge is 2.76. The lowest BCUT2D eigenvalue weighted by atomic mass is 10.0. The normalized spacial score (nSPS) is 29.5. The first-order chi connectivity index (χ1) is 8.91. The van der Waals surface area contributed by atoms with Gasteiger partial charge < -0.3 is 5.11 Å². The SMILES string of the molecule is CCS(=O)(=O)C1C(c2ccccc2)C1(C#N)C(=O)O. The molecule has 1 fully saturated rings. The third-order valence-corrected chi connectivity index (χ3v) is 5.84. The first kappa shape index (κ1) is 13.6. The molecule has 0 radical (unpaired) electrons. The molecule has 100 valence electrons. The molecule has 2 rings (SSSR count). The Morgan fingerprint density at radius 2 is 2.00 bits per heavy atom. The highest BCUT2D eigenvalue weighted by Crippen LogP contribution is 2.62. The Morgan fingerprint density at radius 1 is 1.42 bits per heavy atom. The molecule has 0 spiro atoms. The van der Waals surface area contributed by atoms with Crippen molar-refractivity contribution in [3.05, 3.63) is 35.9 Å². The Morgan fingerprint density at radius 3 is 2.42 bits per heavy atom. The van der Waals surface area contributed by atoms with Crippen molar-refractivity contribution in [1.82, 2.24) is 0 Å². The number of hydrogen-bond donors (Lipinski definition) is 1. The topological polar surface area (TPSA) is 95.2 Å². The molecule has 19 heavy (non-hydrogen) atoms. The lowest BCUT2D eigenvalue weighted by molar-refractivity contribution is -0.141.